The maximum absolute atomic E-state index is 13.0. The molecule has 0 aliphatic heterocycles. The molecular formula is C23H26ClN5O3S2. The average Bonchev–Trinajstić information content (AvgIpc) is 3.36. The average molecular weight is 520 g/mol. The molecule has 34 heavy (non-hydrogen) atoms. The number of methoxy groups -OCH3 is 1. The van der Waals surface area contributed by atoms with E-state index in [4.69, 9.17) is 28.6 Å². The molecule has 11 heteroatoms. The Labute approximate surface area is 212 Å². The number of nitrogens with zero attached hydrogens (tertiary/aromatic N) is 3. The molecule has 0 spiro atoms. The standard InChI is InChI=1S/C23H26ClN5O3S2/c1-5-28(6-2)21(30)19-14(3)18(22(31)32-4)20(34-19)27-23(33)26-17-9-7-8-15(10-17)12-29-13-16(24)11-25-29/h7-11,13H,5-6,12H2,1-4H3,(H2,26,27,33). The van der Waals surface area contributed by atoms with Gasteiger partial charge in [-0.3, -0.25) is 9.48 Å². The molecule has 0 saturated heterocycles. The predicted octanol–water partition coefficient (Wildman–Crippen LogP) is 5.03. The van der Waals surface area contributed by atoms with Crippen molar-refractivity contribution in [1.29, 1.82) is 0 Å². The summed E-state index contributed by atoms with van der Waals surface area (Å²) in [4.78, 5) is 27.6. The lowest BCUT2D eigenvalue weighted by molar-refractivity contribution is 0.0601. The van der Waals surface area contributed by atoms with E-state index in [0.29, 0.717) is 45.7 Å². The third-order valence-corrected chi connectivity index (χ3v) is 6.73. The molecule has 2 heterocycles. The zero-order valence-corrected chi connectivity index (χ0v) is 21.7. The number of ether oxygens (including phenoxy) is 1. The highest BCUT2D eigenvalue weighted by Gasteiger charge is 2.27. The Morgan fingerprint density at radius 1 is 1.26 bits per heavy atom. The van der Waals surface area contributed by atoms with E-state index in [2.05, 4.69) is 15.7 Å². The SMILES string of the molecule is CCN(CC)C(=O)c1sc(NC(=S)Nc2cccc(Cn3cc(Cl)cn3)c2)c(C(=O)OC)c1C. The minimum Gasteiger partial charge on any atom is -0.465 e. The first kappa shape index (κ1) is 25.7. The van der Waals surface area contributed by atoms with Crippen LogP contribution in [0.4, 0.5) is 10.7 Å². The molecular weight excluding hydrogens is 494 g/mol. The fourth-order valence-corrected chi connectivity index (χ4v) is 5.04. The summed E-state index contributed by atoms with van der Waals surface area (Å²) in [5.41, 5.74) is 2.64. The number of nitrogens with one attached hydrogen (secondary N) is 2. The van der Waals surface area contributed by atoms with E-state index in [1.807, 2.05) is 38.1 Å². The Morgan fingerprint density at radius 3 is 2.62 bits per heavy atom. The molecule has 0 fully saturated rings. The van der Waals surface area contributed by atoms with Crippen molar-refractivity contribution in [2.75, 3.05) is 30.8 Å². The number of carbonyl (C=O) groups is 2. The van der Waals surface area contributed by atoms with Gasteiger partial charge in [0, 0.05) is 25.0 Å². The van der Waals surface area contributed by atoms with Gasteiger partial charge in [-0.15, -0.1) is 11.3 Å². The lowest BCUT2D eigenvalue weighted by atomic mass is 10.1. The number of amides is 1. The van der Waals surface area contributed by atoms with Crippen molar-refractivity contribution in [2.24, 2.45) is 0 Å². The van der Waals surface area contributed by atoms with Crippen LogP contribution in [0, 0.1) is 6.92 Å². The minimum atomic E-state index is -0.530. The molecule has 0 saturated carbocycles. The number of hydrogen-bond acceptors (Lipinski definition) is 6. The quantitative estimate of drug-likeness (QED) is 0.318. The third-order valence-electron chi connectivity index (χ3n) is 5.14. The van der Waals surface area contributed by atoms with Crippen LogP contribution in [-0.4, -0.2) is 51.9 Å². The van der Waals surface area contributed by atoms with E-state index in [1.54, 1.807) is 28.9 Å². The largest absolute Gasteiger partial charge is 0.465 e. The molecule has 3 rings (SSSR count). The van der Waals surface area contributed by atoms with Crippen molar-refractivity contribution in [1.82, 2.24) is 14.7 Å². The van der Waals surface area contributed by atoms with Crippen LogP contribution >= 0.6 is 35.2 Å². The van der Waals surface area contributed by atoms with Gasteiger partial charge in [-0.05, 0) is 56.2 Å². The van der Waals surface area contributed by atoms with Gasteiger partial charge in [-0.2, -0.15) is 5.10 Å². The maximum Gasteiger partial charge on any atom is 0.341 e. The summed E-state index contributed by atoms with van der Waals surface area (Å²) >= 11 is 12.6. The van der Waals surface area contributed by atoms with Crippen molar-refractivity contribution in [3.05, 3.63) is 63.2 Å². The summed E-state index contributed by atoms with van der Waals surface area (Å²) in [5.74, 6) is -0.659. The fourth-order valence-electron chi connectivity index (χ4n) is 3.43. The van der Waals surface area contributed by atoms with Gasteiger partial charge in [0.05, 0.1) is 35.3 Å². The Kier molecular flexibility index (Phi) is 8.65. The van der Waals surface area contributed by atoms with Crippen molar-refractivity contribution >= 4 is 62.8 Å². The van der Waals surface area contributed by atoms with Gasteiger partial charge < -0.3 is 20.3 Å². The van der Waals surface area contributed by atoms with Gasteiger partial charge in [0.1, 0.15) is 5.00 Å². The van der Waals surface area contributed by atoms with E-state index in [1.165, 1.54) is 18.4 Å². The Hall–Kier alpha value is -2.95. The number of anilines is 2. The molecule has 0 bridgehead atoms. The first-order valence-electron chi connectivity index (χ1n) is 10.6. The molecule has 8 nitrogen and oxygen atoms in total. The van der Waals surface area contributed by atoms with Crippen molar-refractivity contribution < 1.29 is 14.3 Å². The summed E-state index contributed by atoms with van der Waals surface area (Å²) < 4.78 is 6.70. The second kappa shape index (κ2) is 11.5. The Morgan fingerprint density at radius 2 is 2.00 bits per heavy atom. The number of esters is 1. The Bertz CT molecular complexity index is 1200. The summed E-state index contributed by atoms with van der Waals surface area (Å²) in [6.07, 6.45) is 3.34. The first-order valence-corrected chi connectivity index (χ1v) is 12.2. The molecule has 0 atom stereocenters. The van der Waals surface area contributed by atoms with E-state index in [9.17, 15) is 9.59 Å². The van der Waals surface area contributed by atoms with Gasteiger partial charge in [0.25, 0.3) is 5.91 Å². The smallest absolute Gasteiger partial charge is 0.341 e. The van der Waals surface area contributed by atoms with Crippen LogP contribution < -0.4 is 10.6 Å². The van der Waals surface area contributed by atoms with Gasteiger partial charge in [-0.25, -0.2) is 4.79 Å². The predicted molar refractivity (Wildman–Crippen MR) is 140 cm³/mol. The van der Waals surface area contributed by atoms with Crippen molar-refractivity contribution in [3.63, 3.8) is 0 Å². The topological polar surface area (TPSA) is 88.5 Å². The second-order valence-corrected chi connectivity index (χ2v) is 9.23. The minimum absolute atomic E-state index is 0.129. The molecule has 0 radical (unpaired) electrons. The monoisotopic (exact) mass is 519 g/mol. The molecule has 2 aromatic heterocycles. The molecule has 1 amide bonds. The number of carbonyl (C=O) groups excluding carboxylic acids is 2. The van der Waals surface area contributed by atoms with Gasteiger partial charge in [-0.1, -0.05) is 23.7 Å². The molecule has 0 unspecified atom stereocenters. The molecule has 0 aliphatic carbocycles. The lowest BCUT2D eigenvalue weighted by Gasteiger charge is -2.18. The number of thiophene rings is 1. The normalized spacial score (nSPS) is 10.6. The van der Waals surface area contributed by atoms with Crippen LogP contribution in [0.3, 0.4) is 0 Å². The zero-order chi connectivity index (χ0) is 24.8. The second-order valence-electron chi connectivity index (χ2n) is 7.36. The van der Waals surface area contributed by atoms with Crippen molar-refractivity contribution in [3.8, 4) is 0 Å². The molecule has 180 valence electrons. The highest BCUT2D eigenvalue weighted by Crippen LogP contribution is 2.34. The van der Waals surface area contributed by atoms with Crippen LogP contribution in [0.25, 0.3) is 0 Å². The molecule has 0 aliphatic rings. The number of rotatable bonds is 8. The summed E-state index contributed by atoms with van der Waals surface area (Å²) in [6, 6.07) is 7.70. The van der Waals surface area contributed by atoms with Gasteiger partial charge >= 0.3 is 5.97 Å². The van der Waals surface area contributed by atoms with Crippen LogP contribution in [0.2, 0.25) is 5.02 Å². The molecule has 3 aromatic rings. The highest BCUT2D eigenvalue weighted by molar-refractivity contribution is 7.80. The van der Waals surface area contributed by atoms with Gasteiger partial charge in [0.15, 0.2) is 5.11 Å². The van der Waals surface area contributed by atoms with Crippen LogP contribution in [0.1, 0.15) is 45.0 Å². The highest BCUT2D eigenvalue weighted by atomic mass is 35.5. The zero-order valence-electron chi connectivity index (χ0n) is 19.3. The number of benzene rings is 1. The molecule has 1 aromatic carbocycles. The maximum atomic E-state index is 13.0. The first-order chi connectivity index (χ1) is 16.3. The summed E-state index contributed by atoms with van der Waals surface area (Å²) in [5, 5.41) is 11.7. The van der Waals surface area contributed by atoms with Crippen LogP contribution in [0.5, 0.6) is 0 Å². The summed E-state index contributed by atoms with van der Waals surface area (Å²) in [6.45, 7) is 7.27. The molecule has 2 N–H and O–H groups in total. The van der Waals surface area contributed by atoms with E-state index >= 15 is 0 Å². The number of hydrogen-bond donors (Lipinski definition) is 2. The third kappa shape index (κ3) is 5.94. The Balaban J connectivity index is 1.80. The van der Waals surface area contributed by atoms with Gasteiger partial charge in [0.2, 0.25) is 0 Å². The van der Waals surface area contributed by atoms with E-state index in [-0.39, 0.29) is 11.0 Å². The van der Waals surface area contributed by atoms with Crippen LogP contribution in [-0.2, 0) is 11.3 Å². The lowest BCUT2D eigenvalue weighted by Crippen LogP contribution is -2.30. The van der Waals surface area contributed by atoms with E-state index in [0.717, 1.165) is 11.3 Å². The summed E-state index contributed by atoms with van der Waals surface area (Å²) in [7, 11) is 1.31. The van der Waals surface area contributed by atoms with Crippen LogP contribution in [0.15, 0.2) is 36.7 Å². The van der Waals surface area contributed by atoms with Crippen molar-refractivity contribution in [2.45, 2.75) is 27.3 Å². The number of thiocarbonyl (C=S) groups is 1. The fraction of sp³-hybridized carbons (Fsp3) is 0.304. The number of halogens is 1. The van der Waals surface area contributed by atoms with E-state index < -0.39 is 5.97 Å². The number of aromatic nitrogens is 2.